The van der Waals surface area contributed by atoms with Gasteiger partial charge in [-0.15, -0.1) is 0 Å². The summed E-state index contributed by atoms with van der Waals surface area (Å²) in [6.45, 7) is 23.4. The predicted octanol–water partition coefficient (Wildman–Crippen LogP) is 12.0. The Balaban J connectivity index is 1.22. The molecule has 50 heavy (non-hydrogen) atoms. The highest BCUT2D eigenvalue weighted by Crippen LogP contribution is 2.41. The molecular weight excluding hydrogens is 613 g/mol. The maximum absolute atomic E-state index is 6.63. The summed E-state index contributed by atoms with van der Waals surface area (Å²) < 4.78 is 8.89. The van der Waals surface area contributed by atoms with E-state index in [0.29, 0.717) is 0 Å². The van der Waals surface area contributed by atoms with Crippen molar-refractivity contribution in [3.8, 4) is 17.3 Å². The molecule has 5 nitrogen and oxygen atoms in total. The Bertz CT molecular complexity index is 2250. The number of hydrogen-bond acceptors (Lipinski definition) is 4. The number of anilines is 2. The van der Waals surface area contributed by atoms with Gasteiger partial charge in [-0.05, 0) is 83.0 Å². The molecule has 0 saturated carbocycles. The van der Waals surface area contributed by atoms with Gasteiger partial charge in [-0.25, -0.2) is 4.98 Å². The van der Waals surface area contributed by atoms with Crippen LogP contribution in [0.5, 0.6) is 11.5 Å². The van der Waals surface area contributed by atoms with Crippen molar-refractivity contribution in [3.63, 3.8) is 0 Å². The highest BCUT2D eigenvalue weighted by molar-refractivity contribution is 6.09. The van der Waals surface area contributed by atoms with E-state index >= 15 is 0 Å². The number of ether oxygens (including phenoxy) is 1. The molecule has 0 fully saturated rings. The fourth-order valence-electron chi connectivity index (χ4n) is 7.00. The number of fused-ring (bicyclic) bond motifs is 3. The molecule has 2 aromatic heterocycles. The quantitative estimate of drug-likeness (QED) is 0.184. The standard InChI is InChI=1S/C45H50N4O/c1-30-24-31(43(2,3)4)18-21-38(30)48-29-47(28-41(48)45(8,9)10)33-14-13-15-34(26-33)50-35-19-20-37-36-16-11-12-17-39(36)49(40(37)27-35)42-25-32(22-23-46-42)44(5,6)7/h11-28H,29H2,1-10H3. The van der Waals surface area contributed by atoms with E-state index in [9.17, 15) is 0 Å². The van der Waals surface area contributed by atoms with E-state index in [1.807, 2.05) is 12.3 Å². The molecule has 4 aromatic carbocycles. The Morgan fingerprint density at radius 1 is 0.620 bits per heavy atom. The van der Waals surface area contributed by atoms with E-state index in [2.05, 4.69) is 181 Å². The van der Waals surface area contributed by atoms with E-state index in [0.717, 1.165) is 40.7 Å². The van der Waals surface area contributed by atoms with Crippen molar-refractivity contribution in [2.24, 2.45) is 5.41 Å². The van der Waals surface area contributed by atoms with E-state index in [1.165, 1.54) is 38.8 Å². The SMILES string of the molecule is Cc1cc(C(C)(C)C)ccc1N1CN(c2cccc(Oc3ccc4c5ccccc5n(-c5cc(C(C)(C)C)ccn5)c4c3)c2)C=C1C(C)(C)C. The van der Waals surface area contributed by atoms with Crippen LogP contribution in [0, 0.1) is 12.3 Å². The van der Waals surface area contributed by atoms with Crippen LogP contribution in [-0.4, -0.2) is 16.2 Å². The Morgan fingerprint density at radius 3 is 2.04 bits per heavy atom. The van der Waals surface area contributed by atoms with Crippen LogP contribution in [0.3, 0.4) is 0 Å². The molecule has 0 amide bonds. The lowest BCUT2D eigenvalue weighted by molar-refractivity contribution is 0.483. The van der Waals surface area contributed by atoms with Gasteiger partial charge in [-0.2, -0.15) is 0 Å². The minimum atomic E-state index is -0.0346. The van der Waals surface area contributed by atoms with Gasteiger partial charge in [0.05, 0.1) is 17.7 Å². The highest BCUT2D eigenvalue weighted by Gasteiger charge is 2.32. The first kappa shape index (κ1) is 33.5. The molecule has 0 atom stereocenters. The van der Waals surface area contributed by atoms with Gasteiger partial charge in [0.1, 0.15) is 17.3 Å². The Morgan fingerprint density at radius 2 is 1.32 bits per heavy atom. The lowest BCUT2D eigenvalue weighted by atomic mass is 9.85. The second-order valence-electron chi connectivity index (χ2n) is 16.8. The van der Waals surface area contributed by atoms with Crippen LogP contribution >= 0.6 is 0 Å². The molecule has 256 valence electrons. The Kier molecular flexibility index (Phi) is 8.09. The lowest BCUT2D eigenvalue weighted by Gasteiger charge is -2.32. The number of pyridine rings is 1. The van der Waals surface area contributed by atoms with Crippen LogP contribution in [-0.2, 0) is 10.8 Å². The summed E-state index contributed by atoms with van der Waals surface area (Å²) in [7, 11) is 0. The van der Waals surface area contributed by atoms with E-state index in [1.54, 1.807) is 0 Å². The fraction of sp³-hybridized carbons (Fsp3) is 0.311. The predicted molar refractivity (Wildman–Crippen MR) is 211 cm³/mol. The molecular formula is C45H50N4O. The number of para-hydroxylation sites is 1. The smallest absolute Gasteiger partial charge is 0.137 e. The van der Waals surface area contributed by atoms with Gasteiger partial charge >= 0.3 is 0 Å². The number of nitrogens with zero attached hydrogens (tertiary/aromatic N) is 4. The summed E-state index contributed by atoms with van der Waals surface area (Å²) >= 11 is 0. The number of aryl methyl sites for hydroxylation is 1. The molecule has 0 aliphatic carbocycles. The van der Waals surface area contributed by atoms with Crippen molar-refractivity contribution >= 4 is 33.2 Å². The molecule has 0 bridgehead atoms. The molecule has 0 N–H and O–H groups in total. The lowest BCUT2D eigenvalue weighted by Crippen LogP contribution is -2.31. The summed E-state index contributed by atoms with van der Waals surface area (Å²) in [5.74, 6) is 2.49. The Labute approximate surface area is 297 Å². The first-order chi connectivity index (χ1) is 23.6. The first-order valence-corrected chi connectivity index (χ1v) is 17.7. The van der Waals surface area contributed by atoms with Gasteiger partial charge in [-0.1, -0.05) is 98.7 Å². The van der Waals surface area contributed by atoms with Gasteiger partial charge in [-0.3, -0.25) is 4.57 Å². The summed E-state index contributed by atoms with van der Waals surface area (Å²) in [5.41, 5.74) is 9.81. The van der Waals surface area contributed by atoms with E-state index in [4.69, 9.17) is 9.72 Å². The van der Waals surface area contributed by atoms with Gasteiger partial charge in [0, 0.05) is 57.8 Å². The van der Waals surface area contributed by atoms with Crippen molar-refractivity contribution in [3.05, 3.63) is 132 Å². The van der Waals surface area contributed by atoms with E-state index in [-0.39, 0.29) is 16.2 Å². The summed E-state index contributed by atoms with van der Waals surface area (Å²) in [6, 6.07) is 34.6. The van der Waals surface area contributed by atoms with Crippen LogP contribution in [0.15, 0.2) is 115 Å². The summed E-state index contributed by atoms with van der Waals surface area (Å²) in [4.78, 5) is 9.64. The van der Waals surface area contributed by atoms with Crippen molar-refractivity contribution in [2.45, 2.75) is 80.1 Å². The van der Waals surface area contributed by atoms with Crippen molar-refractivity contribution in [1.82, 2.24) is 9.55 Å². The molecule has 0 saturated heterocycles. The Hall–Kier alpha value is -5.03. The van der Waals surface area contributed by atoms with E-state index < -0.39 is 0 Å². The van der Waals surface area contributed by atoms with Gasteiger partial charge < -0.3 is 14.5 Å². The molecule has 3 heterocycles. The number of hydrogen-bond donors (Lipinski definition) is 0. The molecule has 7 rings (SSSR count). The second kappa shape index (κ2) is 12.1. The number of rotatable bonds is 5. The zero-order valence-corrected chi connectivity index (χ0v) is 31.3. The fourth-order valence-corrected chi connectivity index (χ4v) is 7.00. The zero-order chi connectivity index (χ0) is 35.6. The highest BCUT2D eigenvalue weighted by atomic mass is 16.5. The maximum atomic E-state index is 6.63. The second-order valence-corrected chi connectivity index (χ2v) is 16.8. The minimum Gasteiger partial charge on any atom is -0.457 e. The number of aromatic nitrogens is 2. The van der Waals surface area contributed by atoms with Crippen LogP contribution in [0.1, 0.15) is 79.0 Å². The number of benzene rings is 4. The molecule has 0 unspecified atom stereocenters. The molecule has 6 aromatic rings. The molecule has 0 spiro atoms. The van der Waals surface area contributed by atoms with Gasteiger partial charge in [0.25, 0.3) is 0 Å². The largest absolute Gasteiger partial charge is 0.457 e. The van der Waals surface area contributed by atoms with Crippen molar-refractivity contribution in [2.75, 3.05) is 16.5 Å². The van der Waals surface area contributed by atoms with Crippen molar-refractivity contribution < 1.29 is 4.74 Å². The van der Waals surface area contributed by atoms with Gasteiger partial charge in [0.2, 0.25) is 0 Å². The third-order valence-corrected chi connectivity index (χ3v) is 9.86. The normalized spacial score (nSPS) is 14.2. The topological polar surface area (TPSA) is 33.5 Å². The zero-order valence-electron chi connectivity index (χ0n) is 31.3. The summed E-state index contributed by atoms with van der Waals surface area (Å²) in [5, 5.41) is 2.37. The average Bonchev–Trinajstić information content (AvgIpc) is 3.64. The number of allylic oxidation sites excluding steroid dienone is 1. The third kappa shape index (κ3) is 6.26. The third-order valence-electron chi connectivity index (χ3n) is 9.86. The molecule has 1 aliphatic rings. The maximum Gasteiger partial charge on any atom is 0.137 e. The van der Waals surface area contributed by atoms with Crippen LogP contribution in [0.25, 0.3) is 27.6 Å². The molecule has 5 heteroatoms. The molecule has 0 radical (unpaired) electrons. The van der Waals surface area contributed by atoms with Crippen LogP contribution in [0.2, 0.25) is 0 Å². The first-order valence-electron chi connectivity index (χ1n) is 17.7. The van der Waals surface area contributed by atoms with Crippen LogP contribution < -0.4 is 14.5 Å². The average molecular weight is 663 g/mol. The van der Waals surface area contributed by atoms with Crippen molar-refractivity contribution in [1.29, 1.82) is 0 Å². The monoisotopic (exact) mass is 662 g/mol. The van der Waals surface area contributed by atoms with Crippen LogP contribution in [0.4, 0.5) is 11.4 Å². The molecule has 1 aliphatic heterocycles. The summed E-state index contributed by atoms with van der Waals surface area (Å²) in [6.07, 6.45) is 4.23. The minimum absolute atomic E-state index is 0.0145. The van der Waals surface area contributed by atoms with Gasteiger partial charge in [0.15, 0.2) is 0 Å².